The van der Waals surface area contributed by atoms with E-state index in [1.165, 1.54) is 0 Å². The van der Waals surface area contributed by atoms with Gasteiger partial charge in [0, 0.05) is 0 Å². The molecule has 0 saturated heterocycles. The lowest BCUT2D eigenvalue weighted by Gasteiger charge is -1.98. The quantitative estimate of drug-likeness (QED) is 0.682. The van der Waals surface area contributed by atoms with Crippen LogP contribution in [0.3, 0.4) is 0 Å². The maximum atomic E-state index is 5.66. The summed E-state index contributed by atoms with van der Waals surface area (Å²) in [5, 5.41) is 6.67. The van der Waals surface area contributed by atoms with Gasteiger partial charge in [-0.3, -0.25) is 0 Å². The molecular formula is C8H12N6O. The van der Waals surface area contributed by atoms with Crippen molar-refractivity contribution in [2.45, 2.75) is 20.4 Å². The molecule has 0 unspecified atom stereocenters. The van der Waals surface area contributed by atoms with Crippen molar-refractivity contribution < 1.29 is 4.52 Å². The van der Waals surface area contributed by atoms with Gasteiger partial charge in [0.1, 0.15) is 11.6 Å². The number of aromatic nitrogens is 4. The fourth-order valence-corrected chi connectivity index (χ4v) is 1.22. The summed E-state index contributed by atoms with van der Waals surface area (Å²) in [6.07, 6.45) is 0. The Morgan fingerprint density at radius 2 is 2.20 bits per heavy atom. The Morgan fingerprint density at radius 1 is 1.40 bits per heavy atom. The Kier molecular flexibility index (Phi) is 2.28. The standard InChI is InChI=1S/C8H12N6O/c1-4-12-7(9)8(13-4)10-3-6-11-5(2)14-15-6/h10H,3,9H2,1-2H3,(H,12,13). The van der Waals surface area contributed by atoms with Crippen molar-refractivity contribution in [1.82, 2.24) is 20.1 Å². The lowest BCUT2D eigenvalue weighted by atomic mass is 10.5. The number of nitrogen functional groups attached to an aromatic ring is 1. The van der Waals surface area contributed by atoms with Crippen LogP contribution in [0.1, 0.15) is 17.5 Å². The normalized spacial score (nSPS) is 10.5. The predicted octanol–water partition coefficient (Wildman–Crippen LogP) is 0.604. The van der Waals surface area contributed by atoms with Crippen LogP contribution in [0.5, 0.6) is 0 Å². The molecule has 4 N–H and O–H groups in total. The average Bonchev–Trinajstić information content (AvgIpc) is 2.70. The summed E-state index contributed by atoms with van der Waals surface area (Å²) in [7, 11) is 0. The summed E-state index contributed by atoms with van der Waals surface area (Å²) in [4.78, 5) is 11.1. The molecule has 0 spiro atoms. The van der Waals surface area contributed by atoms with E-state index in [0.717, 1.165) is 5.82 Å². The van der Waals surface area contributed by atoms with Crippen molar-refractivity contribution in [1.29, 1.82) is 0 Å². The zero-order valence-corrected chi connectivity index (χ0v) is 8.53. The number of nitrogens with zero attached hydrogens (tertiary/aromatic N) is 3. The van der Waals surface area contributed by atoms with Crippen molar-refractivity contribution in [3.63, 3.8) is 0 Å². The third-order valence-electron chi connectivity index (χ3n) is 1.83. The number of aryl methyl sites for hydroxylation is 2. The van der Waals surface area contributed by atoms with Crippen LogP contribution in [0, 0.1) is 13.8 Å². The van der Waals surface area contributed by atoms with Crippen molar-refractivity contribution in [3.05, 3.63) is 17.5 Å². The molecule has 0 fully saturated rings. The van der Waals surface area contributed by atoms with Gasteiger partial charge in [0.2, 0.25) is 5.89 Å². The Labute approximate surface area is 86.1 Å². The highest BCUT2D eigenvalue weighted by Crippen LogP contribution is 2.14. The highest BCUT2D eigenvalue weighted by atomic mass is 16.5. The van der Waals surface area contributed by atoms with Crippen LogP contribution >= 0.6 is 0 Å². The van der Waals surface area contributed by atoms with Gasteiger partial charge in [0.05, 0.1) is 6.54 Å². The number of hydrogen-bond donors (Lipinski definition) is 3. The molecule has 0 bridgehead atoms. The largest absolute Gasteiger partial charge is 0.382 e. The summed E-state index contributed by atoms with van der Waals surface area (Å²) < 4.78 is 4.93. The highest BCUT2D eigenvalue weighted by Gasteiger charge is 2.06. The third kappa shape index (κ3) is 2.06. The summed E-state index contributed by atoms with van der Waals surface area (Å²) >= 11 is 0. The van der Waals surface area contributed by atoms with E-state index >= 15 is 0 Å². The third-order valence-corrected chi connectivity index (χ3v) is 1.83. The second-order valence-electron chi connectivity index (χ2n) is 3.17. The zero-order valence-electron chi connectivity index (χ0n) is 8.53. The first-order valence-electron chi connectivity index (χ1n) is 4.50. The first kappa shape index (κ1) is 9.50. The fourth-order valence-electron chi connectivity index (χ4n) is 1.22. The second kappa shape index (κ2) is 3.60. The Balaban J connectivity index is 2.01. The van der Waals surface area contributed by atoms with Gasteiger partial charge in [-0.15, -0.1) is 0 Å². The number of imidazole rings is 1. The lowest BCUT2D eigenvalue weighted by molar-refractivity contribution is 0.379. The summed E-state index contributed by atoms with van der Waals surface area (Å²) in [5.74, 6) is 2.98. The highest BCUT2D eigenvalue weighted by molar-refractivity contribution is 5.56. The molecule has 0 radical (unpaired) electrons. The first-order valence-corrected chi connectivity index (χ1v) is 4.50. The molecule has 0 amide bonds. The zero-order chi connectivity index (χ0) is 10.8. The summed E-state index contributed by atoms with van der Waals surface area (Å²) in [6, 6.07) is 0. The number of anilines is 2. The van der Waals surface area contributed by atoms with Crippen molar-refractivity contribution >= 4 is 11.6 Å². The molecule has 80 valence electrons. The monoisotopic (exact) mass is 208 g/mol. The number of hydrogen-bond acceptors (Lipinski definition) is 6. The molecule has 7 nitrogen and oxygen atoms in total. The molecule has 0 saturated carbocycles. The van der Waals surface area contributed by atoms with Gasteiger partial charge in [-0.1, -0.05) is 5.16 Å². The van der Waals surface area contributed by atoms with Gasteiger partial charge in [-0.25, -0.2) is 4.98 Å². The van der Waals surface area contributed by atoms with E-state index in [0.29, 0.717) is 29.9 Å². The molecule has 0 aromatic carbocycles. The van der Waals surface area contributed by atoms with Crippen LogP contribution < -0.4 is 11.1 Å². The molecule has 2 aromatic rings. The van der Waals surface area contributed by atoms with Crippen LogP contribution in [0.2, 0.25) is 0 Å². The maximum absolute atomic E-state index is 5.66. The van der Waals surface area contributed by atoms with E-state index in [-0.39, 0.29) is 0 Å². The Bertz CT molecular complexity index is 459. The Hall–Kier alpha value is -2.05. The van der Waals surface area contributed by atoms with Crippen LogP contribution in [-0.4, -0.2) is 20.1 Å². The molecule has 7 heteroatoms. The van der Waals surface area contributed by atoms with E-state index in [2.05, 4.69) is 25.4 Å². The van der Waals surface area contributed by atoms with Gasteiger partial charge in [-0.2, -0.15) is 4.98 Å². The topological polar surface area (TPSA) is 106 Å². The van der Waals surface area contributed by atoms with Gasteiger partial charge >= 0.3 is 0 Å². The van der Waals surface area contributed by atoms with E-state index in [1.807, 2.05) is 6.92 Å². The Morgan fingerprint density at radius 3 is 2.73 bits per heavy atom. The van der Waals surface area contributed by atoms with Crippen LogP contribution in [0.4, 0.5) is 11.6 Å². The molecule has 2 heterocycles. The van der Waals surface area contributed by atoms with Crippen LogP contribution in [0.25, 0.3) is 0 Å². The van der Waals surface area contributed by atoms with E-state index in [9.17, 15) is 0 Å². The van der Waals surface area contributed by atoms with Gasteiger partial charge in [0.15, 0.2) is 11.6 Å². The molecule has 2 aromatic heterocycles. The SMILES string of the molecule is Cc1noc(CNc2nc(C)[nH]c2N)n1. The molecule has 0 atom stereocenters. The molecule has 2 rings (SSSR count). The second-order valence-corrected chi connectivity index (χ2v) is 3.17. The number of nitrogens with one attached hydrogen (secondary N) is 2. The number of rotatable bonds is 3. The van der Waals surface area contributed by atoms with Crippen LogP contribution in [0.15, 0.2) is 4.52 Å². The molecule has 0 aliphatic rings. The minimum absolute atomic E-state index is 0.412. The minimum atomic E-state index is 0.412. The summed E-state index contributed by atoms with van der Waals surface area (Å²) in [6.45, 7) is 4.01. The number of aromatic amines is 1. The first-order chi connectivity index (χ1) is 7.15. The van der Waals surface area contributed by atoms with Gasteiger partial charge in [0.25, 0.3) is 0 Å². The van der Waals surface area contributed by atoms with Crippen molar-refractivity contribution in [2.24, 2.45) is 0 Å². The number of H-pyrrole nitrogens is 1. The fraction of sp³-hybridized carbons (Fsp3) is 0.375. The smallest absolute Gasteiger partial charge is 0.245 e. The molecule has 0 aliphatic carbocycles. The molecular weight excluding hydrogens is 196 g/mol. The molecule has 15 heavy (non-hydrogen) atoms. The lowest BCUT2D eigenvalue weighted by Crippen LogP contribution is -2.02. The van der Waals surface area contributed by atoms with Crippen LogP contribution in [-0.2, 0) is 6.54 Å². The molecule has 0 aliphatic heterocycles. The maximum Gasteiger partial charge on any atom is 0.245 e. The van der Waals surface area contributed by atoms with Gasteiger partial charge in [-0.05, 0) is 13.8 Å². The number of nitrogens with two attached hydrogens (primary N) is 1. The minimum Gasteiger partial charge on any atom is -0.382 e. The van der Waals surface area contributed by atoms with Crippen molar-refractivity contribution in [2.75, 3.05) is 11.1 Å². The van der Waals surface area contributed by atoms with E-state index < -0.39 is 0 Å². The predicted molar refractivity (Wildman–Crippen MR) is 54.1 cm³/mol. The average molecular weight is 208 g/mol. The summed E-state index contributed by atoms with van der Waals surface area (Å²) in [5.41, 5.74) is 5.66. The van der Waals surface area contributed by atoms with E-state index in [4.69, 9.17) is 10.3 Å². The van der Waals surface area contributed by atoms with Gasteiger partial charge < -0.3 is 20.6 Å². The van der Waals surface area contributed by atoms with Crippen molar-refractivity contribution in [3.8, 4) is 0 Å². The van der Waals surface area contributed by atoms with E-state index in [1.54, 1.807) is 6.92 Å².